The van der Waals surface area contributed by atoms with Gasteiger partial charge in [0.2, 0.25) is 5.91 Å². The summed E-state index contributed by atoms with van der Waals surface area (Å²) in [6, 6.07) is 9.81. The van der Waals surface area contributed by atoms with Crippen molar-refractivity contribution in [1.82, 2.24) is 9.80 Å². The minimum absolute atomic E-state index is 0.0925. The maximum Gasteiger partial charge on any atom is 0.411 e. The van der Waals surface area contributed by atoms with Crippen LogP contribution in [0.5, 0.6) is 0 Å². The number of benzene rings is 1. The van der Waals surface area contributed by atoms with Gasteiger partial charge in [0.25, 0.3) is 0 Å². The standard InChI is InChI=1S/C24H32N2O3/c27-22(25-8-4-5-9-25)16-26(23(28)29-17-18-6-2-1-3-7-18)24-13-19-10-20(14-24)12-21(11-19)15-24/h1-3,6-7,19-21H,4-5,8-17H2. The number of rotatable bonds is 5. The summed E-state index contributed by atoms with van der Waals surface area (Å²) in [6.45, 7) is 2.10. The van der Waals surface area contributed by atoms with E-state index in [1.54, 1.807) is 0 Å². The predicted molar refractivity (Wildman–Crippen MR) is 110 cm³/mol. The van der Waals surface area contributed by atoms with Crippen LogP contribution in [0, 0.1) is 17.8 Å². The fourth-order valence-electron chi connectivity index (χ4n) is 6.82. The zero-order valence-electron chi connectivity index (χ0n) is 17.2. The summed E-state index contributed by atoms with van der Waals surface area (Å²) in [5.74, 6) is 2.24. The van der Waals surface area contributed by atoms with Gasteiger partial charge in [-0.05, 0) is 74.7 Å². The molecule has 29 heavy (non-hydrogen) atoms. The molecule has 1 aromatic rings. The first-order chi connectivity index (χ1) is 14.1. The highest BCUT2D eigenvalue weighted by Gasteiger charge is 2.55. The van der Waals surface area contributed by atoms with E-state index < -0.39 is 0 Å². The number of carbonyl (C=O) groups is 2. The molecule has 5 nitrogen and oxygen atoms in total. The Kier molecular flexibility index (Phi) is 5.00. The van der Waals surface area contributed by atoms with E-state index in [0.717, 1.165) is 50.8 Å². The third-order valence-electron chi connectivity index (χ3n) is 7.76. The second-order valence-electron chi connectivity index (χ2n) is 9.86. The van der Waals surface area contributed by atoms with Crippen molar-refractivity contribution in [2.75, 3.05) is 19.6 Å². The van der Waals surface area contributed by atoms with Crippen molar-refractivity contribution in [3.8, 4) is 0 Å². The number of amides is 2. The molecule has 5 aliphatic rings. The lowest BCUT2D eigenvalue weighted by atomic mass is 9.52. The number of likely N-dealkylation sites (tertiary alicyclic amines) is 1. The van der Waals surface area contributed by atoms with Crippen molar-refractivity contribution < 1.29 is 14.3 Å². The largest absolute Gasteiger partial charge is 0.445 e. The minimum atomic E-state index is -0.302. The van der Waals surface area contributed by atoms with Crippen molar-refractivity contribution in [3.63, 3.8) is 0 Å². The first-order valence-electron chi connectivity index (χ1n) is 11.4. The Hall–Kier alpha value is -2.04. The number of hydrogen-bond acceptors (Lipinski definition) is 3. The van der Waals surface area contributed by atoms with Gasteiger partial charge in [-0.25, -0.2) is 4.79 Å². The van der Waals surface area contributed by atoms with E-state index in [1.165, 1.54) is 19.3 Å². The Morgan fingerprint density at radius 1 is 0.966 bits per heavy atom. The van der Waals surface area contributed by atoms with Crippen LogP contribution in [0.15, 0.2) is 30.3 Å². The number of hydrogen-bond donors (Lipinski definition) is 0. The third-order valence-corrected chi connectivity index (χ3v) is 7.76. The zero-order chi connectivity index (χ0) is 19.8. The van der Waals surface area contributed by atoms with Crippen molar-refractivity contribution in [2.24, 2.45) is 17.8 Å². The highest BCUT2D eigenvalue weighted by atomic mass is 16.6. The number of ether oxygens (including phenoxy) is 1. The van der Waals surface area contributed by atoms with Gasteiger partial charge in [-0.1, -0.05) is 30.3 Å². The summed E-state index contributed by atoms with van der Waals surface area (Å²) in [5, 5.41) is 0. The van der Waals surface area contributed by atoms with Gasteiger partial charge in [0.1, 0.15) is 13.2 Å². The molecule has 1 heterocycles. The van der Waals surface area contributed by atoms with Crippen LogP contribution in [0.4, 0.5) is 4.79 Å². The fraction of sp³-hybridized carbons (Fsp3) is 0.667. The monoisotopic (exact) mass is 396 g/mol. The molecule has 0 aromatic heterocycles. The summed E-state index contributed by atoms with van der Waals surface area (Å²) in [4.78, 5) is 30.1. The van der Waals surface area contributed by atoms with E-state index in [1.807, 2.05) is 40.1 Å². The summed E-state index contributed by atoms with van der Waals surface area (Å²) in [6.07, 6.45) is 8.92. The molecule has 0 spiro atoms. The molecule has 2 amide bonds. The SMILES string of the molecule is O=C(CN(C(=O)OCc1ccccc1)C12CC3CC(CC(C3)C1)C2)N1CCCC1. The predicted octanol–water partition coefficient (Wildman–Crippen LogP) is 4.22. The third kappa shape index (κ3) is 3.76. The quantitative estimate of drug-likeness (QED) is 0.749. The van der Waals surface area contributed by atoms with Gasteiger partial charge < -0.3 is 9.64 Å². The van der Waals surface area contributed by atoms with Gasteiger partial charge in [0, 0.05) is 18.6 Å². The molecule has 4 aliphatic carbocycles. The zero-order valence-corrected chi connectivity index (χ0v) is 17.2. The molecule has 5 heteroatoms. The molecule has 1 saturated heterocycles. The lowest BCUT2D eigenvalue weighted by Crippen LogP contribution is -2.63. The molecule has 5 fully saturated rings. The molecule has 1 aromatic carbocycles. The average molecular weight is 397 g/mol. The molecular weight excluding hydrogens is 364 g/mol. The molecule has 4 saturated carbocycles. The highest BCUT2D eigenvalue weighted by Crippen LogP contribution is 2.57. The summed E-state index contributed by atoms with van der Waals surface area (Å²) >= 11 is 0. The molecule has 0 radical (unpaired) electrons. The normalized spacial score (nSPS) is 32.4. The van der Waals surface area contributed by atoms with Crippen molar-refractivity contribution in [1.29, 1.82) is 0 Å². The van der Waals surface area contributed by atoms with Crippen LogP contribution in [0.1, 0.15) is 56.9 Å². The van der Waals surface area contributed by atoms with Crippen LogP contribution >= 0.6 is 0 Å². The second kappa shape index (κ2) is 7.66. The maximum atomic E-state index is 13.3. The van der Waals surface area contributed by atoms with Gasteiger partial charge in [0.05, 0.1) is 0 Å². The van der Waals surface area contributed by atoms with Crippen LogP contribution in [0.3, 0.4) is 0 Å². The topological polar surface area (TPSA) is 49.9 Å². The van der Waals surface area contributed by atoms with Gasteiger partial charge in [-0.2, -0.15) is 0 Å². The summed E-state index contributed by atoms with van der Waals surface area (Å²) in [7, 11) is 0. The van der Waals surface area contributed by atoms with Gasteiger partial charge >= 0.3 is 6.09 Å². The van der Waals surface area contributed by atoms with Crippen LogP contribution in [0.25, 0.3) is 0 Å². The van der Waals surface area contributed by atoms with Crippen molar-refractivity contribution in [3.05, 3.63) is 35.9 Å². The van der Waals surface area contributed by atoms with Crippen LogP contribution in [-0.2, 0) is 16.1 Å². The Labute approximate surface area is 173 Å². The first-order valence-corrected chi connectivity index (χ1v) is 11.4. The Morgan fingerprint density at radius 2 is 1.55 bits per heavy atom. The second-order valence-corrected chi connectivity index (χ2v) is 9.86. The van der Waals surface area contributed by atoms with E-state index in [4.69, 9.17) is 4.74 Å². The Morgan fingerprint density at radius 3 is 2.14 bits per heavy atom. The van der Waals surface area contributed by atoms with E-state index >= 15 is 0 Å². The first kappa shape index (κ1) is 19.0. The molecule has 0 unspecified atom stereocenters. The molecule has 0 N–H and O–H groups in total. The van der Waals surface area contributed by atoms with Crippen LogP contribution < -0.4 is 0 Å². The number of carbonyl (C=O) groups excluding carboxylic acids is 2. The molecule has 6 rings (SSSR count). The number of nitrogens with zero attached hydrogens (tertiary/aromatic N) is 2. The van der Waals surface area contributed by atoms with Crippen molar-refractivity contribution >= 4 is 12.0 Å². The Balaban J connectivity index is 1.35. The van der Waals surface area contributed by atoms with Crippen molar-refractivity contribution in [2.45, 2.75) is 63.5 Å². The minimum Gasteiger partial charge on any atom is -0.445 e. The van der Waals surface area contributed by atoms with Gasteiger partial charge in [0.15, 0.2) is 0 Å². The van der Waals surface area contributed by atoms with Gasteiger partial charge in [-0.3, -0.25) is 9.69 Å². The van der Waals surface area contributed by atoms with Crippen LogP contribution in [0.2, 0.25) is 0 Å². The van der Waals surface area contributed by atoms with Gasteiger partial charge in [-0.15, -0.1) is 0 Å². The fourth-order valence-corrected chi connectivity index (χ4v) is 6.82. The maximum absolute atomic E-state index is 13.3. The molecular formula is C24H32N2O3. The smallest absolute Gasteiger partial charge is 0.411 e. The molecule has 4 bridgehead atoms. The highest BCUT2D eigenvalue weighted by molar-refractivity contribution is 5.83. The molecule has 0 atom stereocenters. The van der Waals surface area contributed by atoms with Crippen LogP contribution in [-0.4, -0.2) is 47.0 Å². The van der Waals surface area contributed by atoms with E-state index in [2.05, 4.69) is 0 Å². The van der Waals surface area contributed by atoms with E-state index in [0.29, 0.717) is 17.8 Å². The summed E-state index contributed by atoms with van der Waals surface area (Å²) < 4.78 is 5.76. The lowest BCUT2D eigenvalue weighted by Gasteiger charge is -2.59. The molecule has 156 valence electrons. The Bertz CT molecular complexity index is 721. The lowest BCUT2D eigenvalue weighted by molar-refractivity contribution is -0.137. The van der Waals surface area contributed by atoms with E-state index in [-0.39, 0.29) is 30.7 Å². The summed E-state index contributed by atoms with van der Waals surface area (Å²) in [5.41, 5.74) is 0.815. The van der Waals surface area contributed by atoms with E-state index in [9.17, 15) is 9.59 Å². The molecule has 1 aliphatic heterocycles. The average Bonchev–Trinajstić information content (AvgIpc) is 3.25.